The predicted octanol–water partition coefficient (Wildman–Crippen LogP) is 6.21. The lowest BCUT2D eigenvalue weighted by molar-refractivity contribution is -0.144. The molecule has 10 nitrogen and oxygen atoms in total. The number of fused-ring (bicyclic) bond motifs is 4. The first kappa shape index (κ1) is 35.6. The number of nitrogens with one attached hydrogen (secondary N) is 1. The molecule has 0 unspecified atom stereocenters. The van der Waals surface area contributed by atoms with Crippen LogP contribution in [0, 0.1) is 29.5 Å². The number of halogens is 2. The van der Waals surface area contributed by atoms with Crippen molar-refractivity contribution in [1.29, 1.82) is 0 Å². The van der Waals surface area contributed by atoms with Crippen molar-refractivity contribution >= 4 is 40.9 Å². The van der Waals surface area contributed by atoms with Gasteiger partial charge in [0, 0.05) is 30.7 Å². The van der Waals surface area contributed by atoms with E-state index in [1.54, 1.807) is 36.4 Å². The molecule has 0 radical (unpaired) electrons. The van der Waals surface area contributed by atoms with Crippen LogP contribution in [0.2, 0.25) is 5.02 Å². The summed E-state index contributed by atoms with van der Waals surface area (Å²) in [6, 6.07) is 25.6. The number of furan rings is 1. The van der Waals surface area contributed by atoms with Crippen molar-refractivity contribution in [2.24, 2.45) is 23.7 Å². The van der Waals surface area contributed by atoms with E-state index in [9.17, 15) is 23.9 Å². The van der Waals surface area contributed by atoms with E-state index in [0.717, 1.165) is 30.2 Å². The molecule has 9 rings (SSSR count). The molecule has 3 aromatic carbocycles. The monoisotopic (exact) mass is 762 g/mol. The van der Waals surface area contributed by atoms with Gasteiger partial charge in [-0.25, -0.2) is 4.39 Å². The van der Waals surface area contributed by atoms with Gasteiger partial charge in [0.05, 0.1) is 29.4 Å². The third-order valence-corrected chi connectivity index (χ3v) is 12.8. The number of hydrogen-bond donors (Lipinski definition) is 2. The summed E-state index contributed by atoms with van der Waals surface area (Å²) in [7, 11) is 0. The standard InChI is InChI=1S/C43H40ClFN4O6/c44-27-8-6-26(7-9-27)43-35(40(52)49(42(43)54)46-29-12-10-28(45)11-13-29)22-34-32(38(43)36-17-14-31(24-50)55-36)15-16-33-37(34)41(53)48(39(33)51)30-18-20-47(21-19-30)23-25-4-2-1-3-5-25/h1-15,17,30,33-35,37-38,46,50H,16,18-24H2/t33-,34+,35-,37-,38+,43+/m0/s1. The largest absolute Gasteiger partial charge is 0.463 e. The summed E-state index contributed by atoms with van der Waals surface area (Å²) < 4.78 is 20.1. The second kappa shape index (κ2) is 13.9. The molecule has 2 N–H and O–H groups in total. The molecule has 3 aliphatic heterocycles. The number of carbonyl (C=O) groups excluding carboxylic acids is 4. The molecule has 0 bridgehead atoms. The fourth-order valence-corrected chi connectivity index (χ4v) is 10.3. The average Bonchev–Trinajstić information content (AvgIpc) is 3.84. The summed E-state index contributed by atoms with van der Waals surface area (Å²) in [5, 5.41) is 11.5. The van der Waals surface area contributed by atoms with Crippen LogP contribution in [-0.4, -0.2) is 62.7 Å². The Morgan fingerprint density at radius 1 is 0.855 bits per heavy atom. The van der Waals surface area contributed by atoms with E-state index in [1.807, 2.05) is 24.3 Å². The summed E-state index contributed by atoms with van der Waals surface area (Å²) in [6.07, 6.45) is 3.76. The maximum absolute atomic E-state index is 15.2. The smallest absolute Gasteiger partial charge is 0.260 e. The van der Waals surface area contributed by atoms with E-state index in [1.165, 1.54) is 34.7 Å². The van der Waals surface area contributed by atoms with Gasteiger partial charge in [0.15, 0.2) is 0 Å². The Bertz CT molecular complexity index is 2180. The molecule has 282 valence electrons. The number of nitrogens with zero attached hydrogens (tertiary/aromatic N) is 3. The summed E-state index contributed by atoms with van der Waals surface area (Å²) >= 11 is 6.36. The van der Waals surface area contributed by atoms with Crippen LogP contribution in [0.5, 0.6) is 0 Å². The molecular formula is C43H40ClFN4O6. The number of amides is 4. The molecule has 1 aromatic heterocycles. The molecule has 4 fully saturated rings. The van der Waals surface area contributed by atoms with Gasteiger partial charge < -0.3 is 9.52 Å². The first-order valence-electron chi connectivity index (χ1n) is 18.9. The van der Waals surface area contributed by atoms with Crippen molar-refractivity contribution < 1.29 is 33.1 Å². The van der Waals surface area contributed by atoms with Crippen LogP contribution in [-0.2, 0) is 37.7 Å². The number of anilines is 1. The molecule has 4 aromatic rings. The van der Waals surface area contributed by atoms with Gasteiger partial charge in [-0.15, -0.1) is 0 Å². The predicted molar refractivity (Wildman–Crippen MR) is 200 cm³/mol. The zero-order chi connectivity index (χ0) is 38.0. The molecular weight excluding hydrogens is 723 g/mol. The Hall–Kier alpha value is -5.10. The number of aliphatic hydroxyl groups is 1. The molecule has 5 aliphatic rings. The van der Waals surface area contributed by atoms with E-state index in [4.69, 9.17) is 16.0 Å². The van der Waals surface area contributed by atoms with Crippen molar-refractivity contribution in [2.45, 2.75) is 56.2 Å². The first-order valence-corrected chi connectivity index (χ1v) is 19.3. The second-order valence-corrected chi connectivity index (χ2v) is 15.8. The van der Waals surface area contributed by atoms with Gasteiger partial charge in [-0.05, 0) is 91.3 Å². The SMILES string of the molecule is O=C1[C@@H]2C[C@@H]3C(=CC[C@@H]4C(=O)N(C5CCN(Cc6ccccc6)CC5)C(=O)[C@@H]43)[C@H](c3ccc(CO)o3)[C@]2(c2ccc(Cl)cc2)C(=O)N1Nc1ccc(F)cc1. The van der Waals surface area contributed by atoms with E-state index >= 15 is 4.79 Å². The Morgan fingerprint density at radius 3 is 2.27 bits per heavy atom. The third kappa shape index (κ3) is 5.74. The first-order chi connectivity index (χ1) is 26.7. The van der Waals surface area contributed by atoms with Gasteiger partial charge in [-0.1, -0.05) is 65.7 Å². The summed E-state index contributed by atoms with van der Waals surface area (Å²) in [5.74, 6) is -4.97. The number of likely N-dealkylation sites (tertiary alicyclic amines) is 2. The van der Waals surface area contributed by atoms with E-state index in [2.05, 4.69) is 22.5 Å². The minimum absolute atomic E-state index is 0.133. The highest BCUT2D eigenvalue weighted by molar-refractivity contribution is 6.30. The lowest BCUT2D eigenvalue weighted by Gasteiger charge is -2.49. The molecule has 12 heteroatoms. The minimum Gasteiger partial charge on any atom is -0.463 e. The van der Waals surface area contributed by atoms with Gasteiger partial charge >= 0.3 is 0 Å². The van der Waals surface area contributed by atoms with Gasteiger partial charge in [-0.2, -0.15) is 5.01 Å². The number of aliphatic hydroxyl groups excluding tert-OH is 1. The normalized spacial score (nSPS) is 28.3. The maximum Gasteiger partial charge on any atom is 0.260 e. The highest BCUT2D eigenvalue weighted by atomic mass is 35.5. The molecule has 4 heterocycles. The zero-order valence-corrected chi connectivity index (χ0v) is 30.7. The summed E-state index contributed by atoms with van der Waals surface area (Å²) in [4.78, 5) is 62.8. The van der Waals surface area contributed by atoms with Crippen molar-refractivity contribution in [3.05, 3.63) is 136 Å². The third-order valence-electron chi connectivity index (χ3n) is 12.6. The molecule has 1 saturated carbocycles. The van der Waals surface area contributed by atoms with Gasteiger partial charge in [0.25, 0.3) is 11.8 Å². The fraction of sp³-hybridized carbons (Fsp3) is 0.349. The van der Waals surface area contributed by atoms with Crippen molar-refractivity contribution in [1.82, 2.24) is 14.8 Å². The molecule has 4 amide bonds. The lowest BCUT2D eigenvalue weighted by atomic mass is 9.50. The van der Waals surface area contributed by atoms with Crippen molar-refractivity contribution in [3.8, 4) is 0 Å². The van der Waals surface area contributed by atoms with E-state index in [0.29, 0.717) is 41.3 Å². The molecule has 3 saturated heterocycles. The van der Waals surface area contributed by atoms with Crippen LogP contribution in [0.3, 0.4) is 0 Å². The second-order valence-electron chi connectivity index (χ2n) is 15.4. The highest BCUT2D eigenvalue weighted by Crippen LogP contribution is 2.64. The van der Waals surface area contributed by atoms with E-state index in [-0.39, 0.29) is 36.6 Å². The van der Waals surface area contributed by atoms with Crippen LogP contribution in [0.1, 0.15) is 54.2 Å². The van der Waals surface area contributed by atoms with Gasteiger partial charge in [-0.3, -0.25) is 34.4 Å². The topological polar surface area (TPSA) is 123 Å². The van der Waals surface area contributed by atoms with Crippen LogP contribution in [0.25, 0.3) is 0 Å². The van der Waals surface area contributed by atoms with Gasteiger partial charge in [0.1, 0.15) is 29.4 Å². The number of benzene rings is 3. The average molecular weight is 763 g/mol. The fourth-order valence-electron chi connectivity index (χ4n) is 10.2. The Labute approximate surface area is 322 Å². The Morgan fingerprint density at radius 2 is 1.58 bits per heavy atom. The molecule has 6 atom stereocenters. The van der Waals surface area contributed by atoms with Crippen LogP contribution in [0.4, 0.5) is 10.1 Å². The van der Waals surface area contributed by atoms with Crippen molar-refractivity contribution in [3.63, 3.8) is 0 Å². The minimum atomic E-state index is -1.55. The van der Waals surface area contributed by atoms with Crippen LogP contribution >= 0.6 is 11.6 Å². The maximum atomic E-state index is 15.2. The van der Waals surface area contributed by atoms with Gasteiger partial charge in [0.2, 0.25) is 11.8 Å². The lowest BCUT2D eigenvalue weighted by Crippen LogP contribution is -2.53. The molecule has 55 heavy (non-hydrogen) atoms. The highest BCUT2D eigenvalue weighted by Gasteiger charge is 2.71. The number of hydrogen-bond acceptors (Lipinski definition) is 8. The molecule has 0 spiro atoms. The molecule has 2 aliphatic carbocycles. The van der Waals surface area contributed by atoms with Crippen LogP contribution in [0.15, 0.2) is 107 Å². The number of carbonyl (C=O) groups is 4. The number of imide groups is 2. The number of allylic oxidation sites excluding steroid dienone is 2. The number of hydrazine groups is 1. The number of rotatable bonds is 8. The summed E-state index contributed by atoms with van der Waals surface area (Å²) in [5.41, 5.74) is 4.25. The zero-order valence-electron chi connectivity index (χ0n) is 29.9. The quantitative estimate of drug-likeness (QED) is 0.161. The number of piperidine rings is 1. The Balaban J connectivity index is 1.10. The van der Waals surface area contributed by atoms with Crippen molar-refractivity contribution in [2.75, 3.05) is 18.5 Å². The van der Waals surface area contributed by atoms with E-state index < -0.39 is 52.6 Å². The van der Waals surface area contributed by atoms with Crippen LogP contribution < -0.4 is 5.43 Å². The summed E-state index contributed by atoms with van der Waals surface area (Å²) in [6.45, 7) is 1.94. The Kier molecular flexibility index (Phi) is 8.98.